The molecule has 0 fully saturated rings. The van der Waals surface area contributed by atoms with Crippen LogP contribution in [-0.4, -0.2) is 45.6 Å². The molecule has 0 aliphatic heterocycles. The highest BCUT2D eigenvalue weighted by Gasteiger charge is 2.19. The van der Waals surface area contributed by atoms with Crippen LogP contribution in [-0.2, 0) is 0 Å². The highest BCUT2D eigenvalue weighted by Crippen LogP contribution is 2.14. The van der Waals surface area contributed by atoms with Crippen molar-refractivity contribution in [3.05, 3.63) is 0 Å². The average molecular weight is 230 g/mol. The van der Waals surface area contributed by atoms with Gasteiger partial charge in [0.2, 0.25) is 11.9 Å². The highest BCUT2D eigenvalue weighted by molar-refractivity contribution is 7.80. The molecule has 15 heavy (non-hydrogen) atoms. The maximum Gasteiger partial charge on any atom is 0.246 e. The number of rotatable bonds is 4. The van der Waals surface area contributed by atoms with Gasteiger partial charge in [0.05, 0.1) is 6.61 Å². The summed E-state index contributed by atoms with van der Waals surface area (Å²) in [6.07, 6.45) is 0. The number of aliphatic hydroxyl groups excluding tert-OH is 1. The van der Waals surface area contributed by atoms with Crippen molar-refractivity contribution in [1.29, 1.82) is 0 Å². The standard InChI is InChI=1S/C7H14N6OS/c1-12(2)7-10-6(9)13(11-7)4(3-14)5(8)15/h4,14H,3H2,1-2H3,(H2,8,15)(H2,9,10,11). The summed E-state index contributed by atoms with van der Waals surface area (Å²) in [7, 11) is 3.57. The second-order valence-corrected chi connectivity index (χ2v) is 3.68. The second kappa shape index (κ2) is 4.41. The lowest BCUT2D eigenvalue weighted by molar-refractivity contribution is 0.256. The van der Waals surface area contributed by atoms with Crippen molar-refractivity contribution in [1.82, 2.24) is 14.8 Å². The summed E-state index contributed by atoms with van der Waals surface area (Å²) in [5.74, 6) is 0.618. The van der Waals surface area contributed by atoms with Gasteiger partial charge in [-0.25, -0.2) is 4.68 Å². The molecule has 8 heteroatoms. The Morgan fingerprint density at radius 3 is 2.60 bits per heavy atom. The van der Waals surface area contributed by atoms with Crippen molar-refractivity contribution >= 4 is 29.1 Å². The minimum atomic E-state index is -0.610. The van der Waals surface area contributed by atoms with Gasteiger partial charge in [-0.2, -0.15) is 4.98 Å². The number of aliphatic hydroxyl groups is 1. The lowest BCUT2D eigenvalue weighted by Crippen LogP contribution is -2.29. The molecule has 0 aliphatic rings. The summed E-state index contributed by atoms with van der Waals surface area (Å²) < 4.78 is 1.32. The SMILES string of the molecule is CN(C)c1nc(N)n(C(CO)C(N)=S)n1. The van der Waals surface area contributed by atoms with E-state index in [0.29, 0.717) is 5.95 Å². The number of hydrogen-bond acceptors (Lipinski definition) is 6. The predicted molar refractivity (Wildman–Crippen MR) is 61.7 cm³/mol. The molecule has 5 N–H and O–H groups in total. The third kappa shape index (κ3) is 2.34. The van der Waals surface area contributed by atoms with E-state index in [0.717, 1.165) is 0 Å². The van der Waals surface area contributed by atoms with E-state index in [1.165, 1.54) is 4.68 Å². The third-order valence-electron chi connectivity index (χ3n) is 1.84. The van der Waals surface area contributed by atoms with Gasteiger partial charge in [-0.05, 0) is 0 Å². The zero-order chi connectivity index (χ0) is 11.6. The van der Waals surface area contributed by atoms with Crippen molar-refractivity contribution < 1.29 is 5.11 Å². The average Bonchev–Trinajstić information content (AvgIpc) is 2.49. The Hall–Kier alpha value is -1.41. The first-order chi connectivity index (χ1) is 6.97. The van der Waals surface area contributed by atoms with Crippen LogP contribution < -0.4 is 16.4 Å². The first kappa shape index (κ1) is 11.7. The quantitative estimate of drug-likeness (QED) is 0.555. The van der Waals surface area contributed by atoms with Gasteiger partial charge >= 0.3 is 0 Å². The number of nitrogens with zero attached hydrogens (tertiary/aromatic N) is 4. The fraction of sp³-hybridized carbons (Fsp3) is 0.571. The van der Waals surface area contributed by atoms with Crippen LogP contribution in [0, 0.1) is 0 Å². The molecular formula is C7H14N6OS. The molecule has 0 amide bonds. The first-order valence-electron chi connectivity index (χ1n) is 4.27. The van der Waals surface area contributed by atoms with Crippen molar-refractivity contribution in [2.45, 2.75) is 6.04 Å². The van der Waals surface area contributed by atoms with E-state index in [1.54, 1.807) is 19.0 Å². The number of nitrogens with two attached hydrogens (primary N) is 2. The van der Waals surface area contributed by atoms with Gasteiger partial charge in [0.1, 0.15) is 11.0 Å². The van der Waals surface area contributed by atoms with E-state index in [1.807, 2.05) is 0 Å². The molecule has 0 aliphatic carbocycles. The lowest BCUT2D eigenvalue weighted by Gasteiger charge is -2.13. The molecule has 84 valence electrons. The molecule has 1 unspecified atom stereocenters. The zero-order valence-electron chi connectivity index (χ0n) is 8.58. The van der Waals surface area contributed by atoms with Crippen LogP contribution in [0.1, 0.15) is 6.04 Å². The van der Waals surface area contributed by atoms with E-state index < -0.39 is 6.04 Å². The van der Waals surface area contributed by atoms with Crippen LogP contribution in [0.25, 0.3) is 0 Å². The van der Waals surface area contributed by atoms with Crippen molar-refractivity contribution in [3.8, 4) is 0 Å². The zero-order valence-corrected chi connectivity index (χ0v) is 9.40. The molecule has 0 spiro atoms. The molecular weight excluding hydrogens is 216 g/mol. The molecule has 0 bridgehead atoms. The van der Waals surface area contributed by atoms with Crippen LogP contribution in [0.5, 0.6) is 0 Å². The van der Waals surface area contributed by atoms with Gasteiger partial charge < -0.3 is 21.5 Å². The molecule has 7 nitrogen and oxygen atoms in total. The number of aromatic nitrogens is 3. The Morgan fingerprint density at radius 1 is 1.67 bits per heavy atom. The smallest absolute Gasteiger partial charge is 0.246 e. The fourth-order valence-electron chi connectivity index (χ4n) is 1.03. The normalized spacial score (nSPS) is 12.5. The Bertz CT molecular complexity index is 362. The predicted octanol–water partition coefficient (Wildman–Crippen LogP) is -1.25. The molecule has 1 heterocycles. The molecule has 0 aromatic carbocycles. The molecule has 0 radical (unpaired) electrons. The maximum atomic E-state index is 9.10. The van der Waals surface area contributed by atoms with Crippen LogP contribution in [0.15, 0.2) is 0 Å². The maximum absolute atomic E-state index is 9.10. The molecule has 1 rings (SSSR count). The summed E-state index contributed by atoms with van der Waals surface area (Å²) in [6.45, 7) is -0.254. The Morgan fingerprint density at radius 2 is 2.27 bits per heavy atom. The summed E-state index contributed by atoms with van der Waals surface area (Å²) in [5.41, 5.74) is 11.1. The van der Waals surface area contributed by atoms with Gasteiger partial charge in [-0.1, -0.05) is 12.2 Å². The molecule has 1 aromatic rings. The second-order valence-electron chi connectivity index (χ2n) is 3.21. The van der Waals surface area contributed by atoms with Gasteiger partial charge in [-0.15, -0.1) is 5.10 Å². The van der Waals surface area contributed by atoms with E-state index in [4.69, 9.17) is 28.8 Å². The molecule has 0 saturated heterocycles. The topological polar surface area (TPSA) is 106 Å². The van der Waals surface area contributed by atoms with Crippen molar-refractivity contribution in [3.63, 3.8) is 0 Å². The number of anilines is 2. The molecule has 0 saturated carbocycles. The van der Waals surface area contributed by atoms with E-state index in [2.05, 4.69) is 10.1 Å². The van der Waals surface area contributed by atoms with Gasteiger partial charge in [0, 0.05) is 14.1 Å². The minimum Gasteiger partial charge on any atom is -0.394 e. The Balaban J connectivity index is 3.07. The summed E-state index contributed by atoms with van der Waals surface area (Å²) in [6, 6.07) is -0.610. The molecule has 1 aromatic heterocycles. The van der Waals surface area contributed by atoms with E-state index in [-0.39, 0.29) is 17.5 Å². The summed E-state index contributed by atoms with van der Waals surface area (Å²) in [4.78, 5) is 5.81. The van der Waals surface area contributed by atoms with Crippen molar-refractivity contribution in [2.24, 2.45) is 5.73 Å². The lowest BCUT2D eigenvalue weighted by atomic mass is 10.3. The van der Waals surface area contributed by atoms with Crippen LogP contribution in [0.2, 0.25) is 0 Å². The van der Waals surface area contributed by atoms with Crippen LogP contribution in [0.4, 0.5) is 11.9 Å². The number of nitrogen functional groups attached to an aromatic ring is 1. The van der Waals surface area contributed by atoms with Crippen LogP contribution >= 0.6 is 12.2 Å². The largest absolute Gasteiger partial charge is 0.394 e. The molecule has 1 atom stereocenters. The fourth-order valence-corrected chi connectivity index (χ4v) is 1.20. The van der Waals surface area contributed by atoms with Crippen LogP contribution in [0.3, 0.4) is 0 Å². The van der Waals surface area contributed by atoms with E-state index >= 15 is 0 Å². The van der Waals surface area contributed by atoms with E-state index in [9.17, 15) is 0 Å². The van der Waals surface area contributed by atoms with Crippen molar-refractivity contribution in [2.75, 3.05) is 31.3 Å². The Labute approximate surface area is 92.7 Å². The summed E-state index contributed by atoms with van der Waals surface area (Å²) in [5, 5.41) is 13.2. The van der Waals surface area contributed by atoms with Gasteiger partial charge in [0.25, 0.3) is 0 Å². The van der Waals surface area contributed by atoms with Gasteiger partial charge in [0.15, 0.2) is 0 Å². The monoisotopic (exact) mass is 230 g/mol. The Kier molecular flexibility index (Phi) is 3.43. The highest BCUT2D eigenvalue weighted by atomic mass is 32.1. The van der Waals surface area contributed by atoms with Gasteiger partial charge in [-0.3, -0.25) is 0 Å². The third-order valence-corrected chi connectivity index (χ3v) is 2.12. The summed E-state index contributed by atoms with van der Waals surface area (Å²) >= 11 is 4.79. The first-order valence-corrected chi connectivity index (χ1v) is 4.67. The number of thiocarbonyl (C=S) groups is 1. The number of hydrogen-bond donors (Lipinski definition) is 3. The minimum absolute atomic E-state index is 0.124.